The van der Waals surface area contributed by atoms with Crippen LogP contribution in [-0.4, -0.2) is 28.8 Å². The van der Waals surface area contributed by atoms with Gasteiger partial charge in [0.15, 0.2) is 0 Å². The van der Waals surface area contributed by atoms with E-state index in [0.29, 0.717) is 11.3 Å². The fraction of sp³-hybridized carbons (Fsp3) is 0.222. The fourth-order valence-electron chi connectivity index (χ4n) is 4.60. The van der Waals surface area contributed by atoms with Crippen LogP contribution < -0.4 is 10.1 Å². The van der Waals surface area contributed by atoms with Gasteiger partial charge in [-0.25, -0.2) is 9.18 Å². The van der Waals surface area contributed by atoms with E-state index < -0.39 is 17.8 Å². The summed E-state index contributed by atoms with van der Waals surface area (Å²) in [7, 11) is 0. The molecule has 1 heterocycles. The predicted molar refractivity (Wildman–Crippen MR) is 125 cm³/mol. The van der Waals surface area contributed by atoms with E-state index in [4.69, 9.17) is 4.74 Å². The molecule has 7 heteroatoms. The molecule has 4 amide bonds. The van der Waals surface area contributed by atoms with E-state index in [2.05, 4.69) is 5.32 Å². The molecule has 5 rings (SSSR count). The second-order valence-electron chi connectivity index (χ2n) is 8.54. The number of carbonyl (C=O) groups is 3. The average Bonchev–Trinajstić information content (AvgIpc) is 3.36. The average molecular weight is 458 g/mol. The van der Waals surface area contributed by atoms with Crippen LogP contribution in [-0.2, 0) is 16.2 Å². The molecule has 0 aromatic heterocycles. The summed E-state index contributed by atoms with van der Waals surface area (Å²) in [6.07, 6.45) is 4.87. The first-order chi connectivity index (χ1) is 16.5. The Morgan fingerprint density at radius 1 is 0.971 bits per heavy atom. The molecule has 0 radical (unpaired) electrons. The Kier molecular flexibility index (Phi) is 5.84. The van der Waals surface area contributed by atoms with Gasteiger partial charge in [0, 0.05) is 11.6 Å². The number of amides is 4. The van der Waals surface area contributed by atoms with E-state index in [1.807, 2.05) is 30.3 Å². The molecule has 172 valence electrons. The number of urea groups is 1. The first kappa shape index (κ1) is 21.8. The number of carbonyl (C=O) groups excluding carboxylic acids is 3. The molecule has 2 aliphatic rings. The Bertz CT molecular complexity index is 1310. The minimum absolute atomic E-state index is 0.102. The van der Waals surface area contributed by atoms with Crippen LogP contribution in [0.15, 0.2) is 66.2 Å². The molecule has 34 heavy (non-hydrogen) atoms. The number of hydrogen-bond donors (Lipinski definition) is 1. The topological polar surface area (TPSA) is 75.7 Å². The van der Waals surface area contributed by atoms with Crippen molar-refractivity contribution >= 4 is 34.7 Å². The highest BCUT2D eigenvalue weighted by Gasteiger charge is 2.40. The number of barbiturate groups is 1. The van der Waals surface area contributed by atoms with Crippen LogP contribution in [0.4, 0.5) is 9.18 Å². The molecule has 6 nitrogen and oxygen atoms in total. The van der Waals surface area contributed by atoms with E-state index in [1.165, 1.54) is 23.1 Å². The summed E-state index contributed by atoms with van der Waals surface area (Å²) >= 11 is 0. The van der Waals surface area contributed by atoms with Crippen molar-refractivity contribution in [1.29, 1.82) is 0 Å². The molecular weight excluding hydrogens is 435 g/mol. The van der Waals surface area contributed by atoms with Crippen LogP contribution >= 0.6 is 0 Å². The lowest BCUT2D eigenvalue weighted by Crippen LogP contribution is -2.57. The molecule has 3 aromatic rings. The smallest absolute Gasteiger partial charge is 0.331 e. The van der Waals surface area contributed by atoms with Crippen LogP contribution in [0.5, 0.6) is 5.75 Å². The molecular formula is C27H23FN2O4. The van der Waals surface area contributed by atoms with Crippen molar-refractivity contribution in [2.24, 2.45) is 0 Å². The van der Waals surface area contributed by atoms with E-state index in [1.54, 1.807) is 18.2 Å². The Balaban J connectivity index is 1.55. The van der Waals surface area contributed by atoms with Crippen molar-refractivity contribution in [3.8, 4) is 5.75 Å². The van der Waals surface area contributed by atoms with Gasteiger partial charge in [-0.1, -0.05) is 55.3 Å². The zero-order valence-corrected chi connectivity index (χ0v) is 18.4. The van der Waals surface area contributed by atoms with Gasteiger partial charge in [0.1, 0.15) is 23.7 Å². The van der Waals surface area contributed by atoms with Crippen molar-refractivity contribution in [3.05, 3.63) is 83.2 Å². The highest BCUT2D eigenvalue weighted by atomic mass is 19.1. The summed E-state index contributed by atoms with van der Waals surface area (Å²) in [6, 6.07) is 16.4. The molecule has 3 aromatic carbocycles. The maximum atomic E-state index is 13.3. The Hall–Kier alpha value is -4.00. The Labute approximate surface area is 196 Å². The van der Waals surface area contributed by atoms with Crippen LogP contribution in [0.25, 0.3) is 16.8 Å². The number of fused-ring (bicyclic) bond motifs is 1. The van der Waals surface area contributed by atoms with Crippen LogP contribution in [0.3, 0.4) is 0 Å². The number of benzene rings is 3. The zero-order chi connectivity index (χ0) is 23.7. The van der Waals surface area contributed by atoms with Gasteiger partial charge in [-0.05, 0) is 53.5 Å². The minimum atomic E-state index is -0.721. The number of halogens is 1. The molecule has 1 aliphatic carbocycles. The highest BCUT2D eigenvalue weighted by Crippen LogP contribution is 2.33. The summed E-state index contributed by atoms with van der Waals surface area (Å²) in [5, 5.41) is 4.04. The number of hydrogen-bond acceptors (Lipinski definition) is 4. The van der Waals surface area contributed by atoms with Crippen LogP contribution in [0.2, 0.25) is 0 Å². The largest absolute Gasteiger partial charge is 0.488 e. The molecule has 1 saturated heterocycles. The summed E-state index contributed by atoms with van der Waals surface area (Å²) in [6.45, 7) is 0.182. The van der Waals surface area contributed by atoms with Gasteiger partial charge in [0.25, 0.3) is 11.8 Å². The number of nitrogens with zero attached hydrogens (tertiary/aromatic N) is 1. The Morgan fingerprint density at radius 2 is 1.71 bits per heavy atom. The lowest BCUT2D eigenvalue weighted by Gasteiger charge is -2.31. The van der Waals surface area contributed by atoms with Crippen molar-refractivity contribution in [2.75, 3.05) is 0 Å². The van der Waals surface area contributed by atoms with Crippen molar-refractivity contribution < 1.29 is 23.5 Å². The molecule has 1 aliphatic heterocycles. The van der Waals surface area contributed by atoms with E-state index in [0.717, 1.165) is 42.0 Å². The first-order valence-corrected chi connectivity index (χ1v) is 11.3. The lowest BCUT2D eigenvalue weighted by atomic mass is 9.99. The normalized spacial score (nSPS) is 18.1. The SMILES string of the molecule is O=C1NC(=O)N(C2CCCC2)C(=O)/C1=C/c1c(OCc2ccc(F)cc2)ccc2ccccc12. The summed E-state index contributed by atoms with van der Waals surface area (Å²) in [4.78, 5) is 39.7. The van der Waals surface area contributed by atoms with Gasteiger partial charge in [-0.2, -0.15) is 0 Å². The van der Waals surface area contributed by atoms with Gasteiger partial charge in [-0.15, -0.1) is 0 Å². The second kappa shape index (κ2) is 9.09. The molecule has 0 atom stereocenters. The molecule has 0 bridgehead atoms. The van der Waals surface area contributed by atoms with Gasteiger partial charge >= 0.3 is 6.03 Å². The third-order valence-electron chi connectivity index (χ3n) is 6.35. The maximum absolute atomic E-state index is 13.3. The number of ether oxygens (including phenoxy) is 1. The number of imide groups is 2. The van der Waals surface area contributed by atoms with Crippen molar-refractivity contribution in [1.82, 2.24) is 10.2 Å². The zero-order valence-electron chi connectivity index (χ0n) is 18.4. The van der Waals surface area contributed by atoms with E-state index in [-0.39, 0.29) is 24.0 Å². The van der Waals surface area contributed by atoms with Gasteiger partial charge < -0.3 is 4.74 Å². The summed E-state index contributed by atoms with van der Waals surface area (Å²) in [5.74, 6) is -1.16. The summed E-state index contributed by atoms with van der Waals surface area (Å²) in [5.41, 5.74) is 1.24. The van der Waals surface area contributed by atoms with Gasteiger partial charge in [0.2, 0.25) is 0 Å². The number of nitrogens with one attached hydrogen (secondary N) is 1. The fourth-order valence-corrected chi connectivity index (χ4v) is 4.60. The minimum Gasteiger partial charge on any atom is -0.488 e. The second-order valence-corrected chi connectivity index (χ2v) is 8.54. The molecule has 1 saturated carbocycles. The monoisotopic (exact) mass is 458 g/mol. The lowest BCUT2D eigenvalue weighted by molar-refractivity contribution is -0.131. The highest BCUT2D eigenvalue weighted by molar-refractivity contribution is 6.31. The van der Waals surface area contributed by atoms with E-state index in [9.17, 15) is 18.8 Å². The van der Waals surface area contributed by atoms with Crippen LogP contribution in [0.1, 0.15) is 36.8 Å². The third kappa shape index (κ3) is 4.17. The molecule has 0 spiro atoms. The molecule has 2 fully saturated rings. The number of rotatable bonds is 5. The molecule has 1 N–H and O–H groups in total. The van der Waals surface area contributed by atoms with Crippen molar-refractivity contribution in [2.45, 2.75) is 38.3 Å². The van der Waals surface area contributed by atoms with Gasteiger partial charge in [-0.3, -0.25) is 19.8 Å². The quantitative estimate of drug-likeness (QED) is 0.433. The van der Waals surface area contributed by atoms with Crippen molar-refractivity contribution in [3.63, 3.8) is 0 Å². The van der Waals surface area contributed by atoms with Gasteiger partial charge in [0.05, 0.1) is 0 Å². The first-order valence-electron chi connectivity index (χ1n) is 11.3. The van der Waals surface area contributed by atoms with E-state index >= 15 is 0 Å². The summed E-state index contributed by atoms with van der Waals surface area (Å²) < 4.78 is 19.3. The molecule has 0 unspecified atom stereocenters. The standard InChI is InChI=1S/C27H23FN2O4/c28-19-12-9-17(10-13-19)16-34-24-14-11-18-5-1-4-8-21(18)22(24)15-23-25(31)29-27(33)30(26(23)32)20-6-2-3-7-20/h1,4-5,8-15,20H,2-3,6-7,16H2,(H,29,31,33)/b23-15+. The third-order valence-corrected chi connectivity index (χ3v) is 6.35. The van der Waals surface area contributed by atoms with Crippen LogP contribution in [0, 0.1) is 5.82 Å². The Morgan fingerprint density at radius 3 is 2.47 bits per heavy atom. The maximum Gasteiger partial charge on any atom is 0.331 e. The predicted octanol–water partition coefficient (Wildman–Crippen LogP) is 4.96.